The summed E-state index contributed by atoms with van der Waals surface area (Å²) in [4.78, 5) is 0. The summed E-state index contributed by atoms with van der Waals surface area (Å²) < 4.78 is 3.66. The Morgan fingerprint density at radius 1 is 1.25 bits per heavy atom. The van der Waals surface area contributed by atoms with Gasteiger partial charge >= 0.3 is 0 Å². The second kappa shape index (κ2) is 3.47. The van der Waals surface area contributed by atoms with Crippen molar-refractivity contribution in [1.82, 2.24) is 0 Å². The molecule has 5 heteroatoms. The molecule has 70 valence electrons. The lowest BCUT2D eigenvalue weighted by molar-refractivity contribution is 0.162. The molecule has 2 aliphatic carbocycles. The molecule has 0 amide bonds. The van der Waals surface area contributed by atoms with Crippen LogP contribution in [-0.2, 0) is 16.3 Å². The number of thiol groups is 2. The van der Waals surface area contributed by atoms with Crippen LogP contribution >= 0.6 is 29.2 Å². The maximum absolute atomic E-state index is 5.69. The van der Waals surface area contributed by atoms with E-state index in [0.29, 0.717) is 6.10 Å². The first-order valence-electron chi connectivity index (χ1n) is 4.28. The molecule has 3 unspecified atom stereocenters. The topological polar surface area (TPSA) is 9.23 Å². The highest BCUT2D eigenvalue weighted by Gasteiger charge is 2.41. The van der Waals surface area contributed by atoms with E-state index in [1.165, 1.54) is 25.7 Å². The zero-order valence-corrected chi connectivity index (χ0v) is 10.2. The second-order valence-electron chi connectivity index (χ2n) is 3.81. The van der Waals surface area contributed by atoms with Crippen LogP contribution in [0.2, 0.25) is 0 Å². The molecule has 3 atom stereocenters. The van der Waals surface area contributed by atoms with Gasteiger partial charge in [0.15, 0.2) is 4.67 Å². The first kappa shape index (κ1) is 9.85. The number of hydrogen-bond donors (Lipinski definition) is 2. The Balaban J connectivity index is 1.95. The van der Waals surface area contributed by atoms with Crippen LogP contribution < -0.4 is 0 Å². The average molecular weight is 240 g/mol. The zero-order chi connectivity index (χ0) is 8.77. The summed E-state index contributed by atoms with van der Waals surface area (Å²) in [6.07, 6.45) is 5.65. The Kier molecular flexibility index (Phi) is 2.85. The van der Waals surface area contributed by atoms with Gasteiger partial charge in [-0.2, -0.15) is 0 Å². The molecule has 2 bridgehead atoms. The molecule has 0 radical (unpaired) electrons. The first-order valence-corrected chi connectivity index (χ1v) is 9.31. The summed E-state index contributed by atoms with van der Waals surface area (Å²) in [5.41, 5.74) is 0. The maximum atomic E-state index is 5.69. The van der Waals surface area contributed by atoms with Gasteiger partial charge in [-0.3, -0.25) is 0 Å². The van der Waals surface area contributed by atoms with Crippen LogP contribution in [-0.4, -0.2) is 6.10 Å². The molecule has 0 aliphatic heterocycles. The lowest BCUT2D eigenvalue weighted by Crippen LogP contribution is -2.17. The van der Waals surface area contributed by atoms with Crippen LogP contribution in [0.15, 0.2) is 0 Å². The van der Waals surface area contributed by atoms with E-state index in [0.717, 1.165) is 11.8 Å². The van der Waals surface area contributed by atoms with Crippen molar-refractivity contribution >= 4 is 41.0 Å². The van der Waals surface area contributed by atoms with Gasteiger partial charge in [-0.1, -0.05) is 0 Å². The second-order valence-corrected chi connectivity index (χ2v) is 12.5. The van der Waals surface area contributed by atoms with Crippen molar-refractivity contribution in [3.05, 3.63) is 0 Å². The van der Waals surface area contributed by atoms with Gasteiger partial charge < -0.3 is 4.52 Å². The molecular weight excluding hydrogens is 227 g/mol. The van der Waals surface area contributed by atoms with Crippen LogP contribution in [0, 0.1) is 11.8 Å². The van der Waals surface area contributed by atoms with Crippen molar-refractivity contribution < 1.29 is 4.52 Å². The highest BCUT2D eigenvalue weighted by molar-refractivity contribution is 8.90. The fraction of sp³-hybridized carbons (Fsp3) is 1.00. The minimum Gasteiger partial charge on any atom is -0.331 e. The SMILES string of the molecule is S=P(S)(S)OC1CC2CCC1C2. The van der Waals surface area contributed by atoms with Crippen molar-refractivity contribution in [2.75, 3.05) is 0 Å². The predicted octanol–water partition coefficient (Wildman–Crippen LogP) is 3.28. The van der Waals surface area contributed by atoms with Gasteiger partial charge in [0.2, 0.25) is 0 Å². The van der Waals surface area contributed by atoms with Gasteiger partial charge in [0.1, 0.15) is 0 Å². The number of fused-ring (bicyclic) bond motifs is 2. The van der Waals surface area contributed by atoms with E-state index in [1.807, 2.05) is 0 Å². The van der Waals surface area contributed by atoms with Gasteiger partial charge in [0, 0.05) is 0 Å². The fourth-order valence-electron chi connectivity index (χ4n) is 2.49. The molecule has 0 heterocycles. The van der Waals surface area contributed by atoms with Crippen LogP contribution in [0.5, 0.6) is 0 Å². The van der Waals surface area contributed by atoms with E-state index in [2.05, 4.69) is 24.5 Å². The van der Waals surface area contributed by atoms with Crippen molar-refractivity contribution in [2.24, 2.45) is 11.8 Å². The van der Waals surface area contributed by atoms with Crippen LogP contribution in [0.3, 0.4) is 0 Å². The summed E-state index contributed by atoms with van der Waals surface area (Å²) in [6, 6.07) is 0. The van der Waals surface area contributed by atoms with E-state index in [1.54, 1.807) is 0 Å². The van der Waals surface area contributed by atoms with Crippen molar-refractivity contribution in [1.29, 1.82) is 0 Å². The third kappa shape index (κ3) is 2.21. The van der Waals surface area contributed by atoms with Gasteiger partial charge in [-0.05, 0) is 49.3 Å². The zero-order valence-electron chi connectivity index (χ0n) is 6.72. The molecule has 2 aliphatic rings. The highest BCUT2D eigenvalue weighted by atomic mass is 33.2. The molecule has 0 aromatic carbocycles. The molecule has 12 heavy (non-hydrogen) atoms. The minimum atomic E-state index is -2.02. The third-order valence-corrected chi connectivity index (χ3v) is 4.32. The third-order valence-electron chi connectivity index (χ3n) is 2.95. The van der Waals surface area contributed by atoms with Crippen LogP contribution in [0.1, 0.15) is 25.7 Å². The Morgan fingerprint density at radius 3 is 2.42 bits per heavy atom. The predicted molar refractivity (Wildman–Crippen MR) is 62.6 cm³/mol. The van der Waals surface area contributed by atoms with Crippen molar-refractivity contribution in [3.8, 4) is 0 Å². The monoisotopic (exact) mass is 240 g/mol. The standard InChI is InChI=1S/C7H13OPS3/c10-9(11,12)8-7-4-5-1-2-6(7)3-5/h5-7H,1-4H2,(H2,10,11,12). The normalized spacial score (nSPS) is 40.7. The minimum absolute atomic E-state index is 0.379. The van der Waals surface area contributed by atoms with Crippen LogP contribution in [0.25, 0.3) is 0 Å². The Labute approximate surface area is 89.0 Å². The van der Waals surface area contributed by atoms with Crippen molar-refractivity contribution in [3.63, 3.8) is 0 Å². The summed E-state index contributed by atoms with van der Waals surface area (Å²) in [7, 11) is 0. The van der Waals surface area contributed by atoms with E-state index in [9.17, 15) is 0 Å². The van der Waals surface area contributed by atoms with Gasteiger partial charge in [0.25, 0.3) is 0 Å². The lowest BCUT2D eigenvalue weighted by atomic mass is 9.98. The highest BCUT2D eigenvalue weighted by Crippen LogP contribution is 2.61. The largest absolute Gasteiger partial charge is 0.331 e. The van der Waals surface area contributed by atoms with Gasteiger partial charge in [-0.25, -0.2) is 0 Å². The smallest absolute Gasteiger partial charge is 0.168 e. The molecule has 0 spiro atoms. The van der Waals surface area contributed by atoms with Crippen LogP contribution in [0.4, 0.5) is 0 Å². The number of rotatable bonds is 2. The van der Waals surface area contributed by atoms with E-state index >= 15 is 0 Å². The molecule has 2 rings (SSSR count). The summed E-state index contributed by atoms with van der Waals surface area (Å²) in [6.45, 7) is 0. The molecular formula is C7H13OPS3. The van der Waals surface area contributed by atoms with E-state index in [-0.39, 0.29) is 0 Å². The first-order chi connectivity index (χ1) is 5.54. The Bertz CT molecular complexity index is 227. The van der Waals surface area contributed by atoms with Crippen molar-refractivity contribution in [2.45, 2.75) is 31.8 Å². The average Bonchev–Trinajstić information content (AvgIpc) is 2.42. The van der Waals surface area contributed by atoms with Gasteiger partial charge in [0.05, 0.1) is 6.10 Å². The van der Waals surface area contributed by atoms with E-state index < -0.39 is 4.67 Å². The lowest BCUT2D eigenvalue weighted by Gasteiger charge is -2.24. The molecule has 2 saturated carbocycles. The molecule has 0 aromatic heterocycles. The van der Waals surface area contributed by atoms with Gasteiger partial charge in [-0.15, -0.1) is 24.5 Å². The Morgan fingerprint density at radius 2 is 2.00 bits per heavy atom. The maximum Gasteiger partial charge on any atom is 0.168 e. The summed E-state index contributed by atoms with van der Waals surface area (Å²) >= 11 is 13.4. The molecule has 2 fully saturated rings. The Hall–Kier alpha value is 1.31. The molecule has 0 saturated heterocycles. The van der Waals surface area contributed by atoms with E-state index in [4.69, 9.17) is 16.3 Å². The molecule has 0 aromatic rings. The quantitative estimate of drug-likeness (QED) is 0.566. The molecule has 1 nitrogen and oxygen atoms in total. The summed E-state index contributed by atoms with van der Waals surface area (Å²) in [5, 5.41) is 0. The molecule has 0 N–H and O–H groups in total. The fourth-order valence-corrected chi connectivity index (χ4v) is 4.16. The number of hydrogen-bond acceptors (Lipinski definition) is 2. The summed E-state index contributed by atoms with van der Waals surface area (Å²) in [5.74, 6) is 1.67.